The van der Waals surface area contributed by atoms with E-state index in [0.29, 0.717) is 5.69 Å². The first kappa shape index (κ1) is 15.0. The Labute approximate surface area is 134 Å². The first-order valence-corrected chi connectivity index (χ1v) is 8.30. The number of aromatic nitrogens is 3. The largest absolute Gasteiger partial charge is 0.348 e. The highest BCUT2D eigenvalue weighted by molar-refractivity contribution is 7.15. The van der Waals surface area contributed by atoms with Crippen LogP contribution < -0.4 is 4.90 Å². The number of anilines is 1. The highest BCUT2D eigenvalue weighted by Gasteiger charge is 2.27. The number of hydrogen-bond donors (Lipinski definition) is 0. The average molecular weight is 319 g/mol. The fourth-order valence-electron chi connectivity index (χ4n) is 2.81. The molecule has 3 rings (SSSR count). The Balaban J connectivity index is 1.60. The molecule has 1 fully saturated rings. The molecule has 22 heavy (non-hydrogen) atoms. The van der Waals surface area contributed by atoms with Crippen molar-refractivity contribution in [3.63, 3.8) is 0 Å². The van der Waals surface area contributed by atoms with Crippen LogP contribution >= 0.6 is 11.3 Å². The number of piperidine rings is 1. The number of hydrogen-bond acceptors (Lipinski definition) is 5. The van der Waals surface area contributed by atoms with Crippen LogP contribution in [-0.2, 0) is 7.05 Å². The van der Waals surface area contributed by atoms with Crippen molar-refractivity contribution >= 4 is 22.4 Å². The zero-order valence-corrected chi connectivity index (χ0v) is 14.0. The van der Waals surface area contributed by atoms with Crippen molar-refractivity contribution in [3.8, 4) is 0 Å². The van der Waals surface area contributed by atoms with Gasteiger partial charge in [-0.3, -0.25) is 9.48 Å². The van der Waals surface area contributed by atoms with E-state index in [1.54, 1.807) is 28.3 Å². The van der Waals surface area contributed by atoms with Crippen molar-refractivity contribution in [1.82, 2.24) is 19.7 Å². The lowest BCUT2D eigenvalue weighted by Crippen LogP contribution is -2.45. The van der Waals surface area contributed by atoms with E-state index in [-0.39, 0.29) is 11.9 Å². The highest BCUT2D eigenvalue weighted by Crippen LogP contribution is 2.26. The van der Waals surface area contributed by atoms with E-state index >= 15 is 0 Å². The van der Waals surface area contributed by atoms with Gasteiger partial charge in [0.15, 0.2) is 5.13 Å². The number of aryl methyl sites for hydroxylation is 2. The third kappa shape index (κ3) is 2.99. The maximum absolute atomic E-state index is 12.4. The molecule has 0 bridgehead atoms. The molecule has 1 amide bonds. The fraction of sp³-hybridized carbons (Fsp3) is 0.533. The first-order valence-electron chi connectivity index (χ1n) is 7.49. The summed E-state index contributed by atoms with van der Waals surface area (Å²) in [5.74, 6) is 0.00384. The van der Waals surface area contributed by atoms with Crippen LogP contribution in [0.4, 0.5) is 5.13 Å². The minimum absolute atomic E-state index is 0.00384. The van der Waals surface area contributed by atoms with Gasteiger partial charge >= 0.3 is 0 Å². The Kier molecular flexibility index (Phi) is 4.15. The second-order valence-corrected chi connectivity index (χ2v) is 6.98. The summed E-state index contributed by atoms with van der Waals surface area (Å²) in [5.41, 5.74) is 0.517. The Morgan fingerprint density at radius 1 is 1.41 bits per heavy atom. The molecule has 0 aliphatic carbocycles. The summed E-state index contributed by atoms with van der Waals surface area (Å²) in [6, 6.07) is 2.04. The van der Waals surface area contributed by atoms with Gasteiger partial charge in [0.2, 0.25) is 0 Å². The maximum atomic E-state index is 12.4. The summed E-state index contributed by atoms with van der Waals surface area (Å²) in [7, 11) is 3.70. The van der Waals surface area contributed by atoms with E-state index in [1.165, 1.54) is 4.88 Å². The van der Waals surface area contributed by atoms with Crippen molar-refractivity contribution < 1.29 is 4.79 Å². The first-order chi connectivity index (χ1) is 10.5. The molecule has 1 aliphatic heterocycles. The summed E-state index contributed by atoms with van der Waals surface area (Å²) in [6.45, 7) is 3.96. The van der Waals surface area contributed by atoms with Crippen molar-refractivity contribution in [3.05, 3.63) is 29.0 Å². The number of nitrogens with zero attached hydrogens (tertiary/aromatic N) is 5. The summed E-state index contributed by atoms with van der Waals surface area (Å²) < 4.78 is 1.66. The molecular weight excluding hydrogens is 298 g/mol. The predicted molar refractivity (Wildman–Crippen MR) is 87.4 cm³/mol. The minimum Gasteiger partial charge on any atom is -0.348 e. The SMILES string of the molecule is Cc1cnc(N2CCC(N(C)C(=O)c3ccn(C)n3)CC2)s1. The van der Waals surface area contributed by atoms with Gasteiger partial charge in [0, 0.05) is 50.5 Å². The average Bonchev–Trinajstić information content (AvgIpc) is 3.14. The molecule has 2 aromatic heterocycles. The number of rotatable bonds is 3. The van der Waals surface area contributed by atoms with Crippen molar-refractivity contribution in [2.45, 2.75) is 25.8 Å². The maximum Gasteiger partial charge on any atom is 0.274 e. The van der Waals surface area contributed by atoms with Gasteiger partial charge in [-0.25, -0.2) is 4.98 Å². The van der Waals surface area contributed by atoms with Gasteiger partial charge in [-0.05, 0) is 25.8 Å². The fourth-order valence-corrected chi connectivity index (χ4v) is 3.62. The van der Waals surface area contributed by atoms with Gasteiger partial charge < -0.3 is 9.80 Å². The Morgan fingerprint density at radius 2 is 2.14 bits per heavy atom. The van der Waals surface area contributed by atoms with Gasteiger partial charge in [0.1, 0.15) is 5.69 Å². The summed E-state index contributed by atoms with van der Waals surface area (Å²) >= 11 is 1.73. The Hall–Kier alpha value is -1.89. The number of carbonyl (C=O) groups excluding carboxylic acids is 1. The summed E-state index contributed by atoms with van der Waals surface area (Å²) in [4.78, 5) is 22.3. The van der Waals surface area contributed by atoms with Crippen LogP contribution in [0.3, 0.4) is 0 Å². The minimum atomic E-state index is 0.00384. The van der Waals surface area contributed by atoms with E-state index in [2.05, 4.69) is 21.9 Å². The molecule has 0 radical (unpaired) electrons. The van der Waals surface area contributed by atoms with Crippen molar-refractivity contribution in [2.75, 3.05) is 25.0 Å². The van der Waals surface area contributed by atoms with E-state index in [4.69, 9.17) is 0 Å². The molecule has 7 heteroatoms. The number of amides is 1. The highest BCUT2D eigenvalue weighted by atomic mass is 32.1. The molecule has 118 valence electrons. The molecule has 0 atom stereocenters. The van der Waals surface area contributed by atoms with Crippen LogP contribution in [0, 0.1) is 6.92 Å². The third-order valence-corrected chi connectivity index (χ3v) is 5.12. The lowest BCUT2D eigenvalue weighted by molar-refractivity contribution is 0.0702. The molecule has 1 aliphatic rings. The third-order valence-electron chi connectivity index (χ3n) is 4.14. The van der Waals surface area contributed by atoms with Crippen LogP contribution in [0.25, 0.3) is 0 Å². The topological polar surface area (TPSA) is 54.3 Å². The zero-order chi connectivity index (χ0) is 15.7. The quantitative estimate of drug-likeness (QED) is 0.867. The van der Waals surface area contributed by atoms with Gasteiger partial charge in [-0.2, -0.15) is 5.10 Å². The second-order valence-electron chi connectivity index (χ2n) is 5.76. The Bertz CT molecular complexity index is 656. The molecule has 6 nitrogen and oxygen atoms in total. The van der Waals surface area contributed by atoms with Crippen molar-refractivity contribution in [2.24, 2.45) is 7.05 Å². The molecule has 0 saturated carbocycles. The van der Waals surface area contributed by atoms with E-state index in [1.807, 2.05) is 25.2 Å². The normalized spacial score (nSPS) is 16.0. The van der Waals surface area contributed by atoms with Crippen LogP contribution in [-0.4, -0.2) is 51.8 Å². The summed E-state index contributed by atoms with van der Waals surface area (Å²) in [5, 5.41) is 5.29. The monoisotopic (exact) mass is 319 g/mol. The van der Waals surface area contributed by atoms with E-state index in [0.717, 1.165) is 31.1 Å². The predicted octanol–water partition coefficient (Wildman–Crippen LogP) is 1.93. The lowest BCUT2D eigenvalue weighted by Gasteiger charge is -2.36. The molecule has 0 spiro atoms. The number of carbonyl (C=O) groups is 1. The van der Waals surface area contributed by atoms with Gasteiger partial charge in [0.05, 0.1) is 0 Å². The van der Waals surface area contributed by atoms with Gasteiger partial charge in [-0.1, -0.05) is 0 Å². The molecule has 2 aromatic rings. The Morgan fingerprint density at radius 3 is 2.68 bits per heavy atom. The van der Waals surface area contributed by atoms with Crippen LogP contribution in [0.5, 0.6) is 0 Å². The van der Waals surface area contributed by atoms with Crippen LogP contribution in [0.15, 0.2) is 18.5 Å². The molecular formula is C15H21N5OS. The van der Waals surface area contributed by atoms with E-state index < -0.39 is 0 Å². The zero-order valence-electron chi connectivity index (χ0n) is 13.2. The molecule has 0 unspecified atom stereocenters. The second kappa shape index (κ2) is 6.08. The number of thiazole rings is 1. The molecule has 1 saturated heterocycles. The smallest absolute Gasteiger partial charge is 0.274 e. The summed E-state index contributed by atoms with van der Waals surface area (Å²) in [6.07, 6.45) is 5.65. The van der Waals surface area contributed by atoms with Crippen molar-refractivity contribution in [1.29, 1.82) is 0 Å². The lowest BCUT2D eigenvalue weighted by atomic mass is 10.0. The molecule has 0 aromatic carbocycles. The van der Waals surface area contributed by atoms with Gasteiger partial charge in [-0.15, -0.1) is 11.3 Å². The molecule has 3 heterocycles. The van der Waals surface area contributed by atoms with E-state index in [9.17, 15) is 4.79 Å². The molecule has 0 N–H and O–H groups in total. The standard InChI is InChI=1S/C15H21N5OS/c1-11-10-16-15(22-11)20-8-4-12(5-9-20)19(3)14(21)13-6-7-18(2)17-13/h6-7,10,12H,4-5,8-9H2,1-3H3. The van der Waals surface area contributed by atoms with Crippen LogP contribution in [0.1, 0.15) is 28.2 Å². The van der Waals surface area contributed by atoms with Gasteiger partial charge in [0.25, 0.3) is 5.91 Å². The van der Waals surface area contributed by atoms with Crippen LogP contribution in [0.2, 0.25) is 0 Å².